The molecule has 1 aromatic heterocycles. The number of nitrogens with zero attached hydrogens (tertiary/aromatic N) is 4. The molecule has 1 unspecified atom stereocenters. The Bertz CT molecular complexity index is 1780. The number of benzene rings is 2. The fourth-order valence-electron chi connectivity index (χ4n) is 6.16. The molecule has 5 rings (SSSR count). The lowest BCUT2D eigenvalue weighted by Gasteiger charge is -2.40. The van der Waals surface area contributed by atoms with E-state index in [1.807, 2.05) is 30.0 Å². The lowest BCUT2D eigenvalue weighted by atomic mass is 9.72. The normalized spacial score (nSPS) is 17.3. The van der Waals surface area contributed by atoms with Crippen molar-refractivity contribution in [3.8, 4) is 28.9 Å². The van der Waals surface area contributed by atoms with Crippen LogP contribution in [0.5, 0.6) is 28.9 Å². The molecule has 3 aromatic rings. The van der Waals surface area contributed by atoms with Crippen molar-refractivity contribution in [2.24, 2.45) is 16.1 Å². The van der Waals surface area contributed by atoms with Crippen LogP contribution in [-0.4, -0.2) is 78.9 Å². The Morgan fingerprint density at radius 3 is 2.34 bits per heavy atom. The van der Waals surface area contributed by atoms with Crippen molar-refractivity contribution in [3.63, 3.8) is 0 Å². The minimum atomic E-state index is -1.36. The number of esters is 2. The number of pyridine rings is 1. The molecule has 0 amide bonds. The number of halogens is 2. The summed E-state index contributed by atoms with van der Waals surface area (Å²) in [4.78, 5) is 38.1. The lowest BCUT2D eigenvalue weighted by Crippen LogP contribution is -2.48. The van der Waals surface area contributed by atoms with Crippen LogP contribution in [0.25, 0.3) is 0 Å². The molecule has 1 saturated carbocycles. The standard InChI is InChI=1S/C35H40F2N6O7/c1-5-47-33(45)35(34(46)48-6-2)13-11-21(12-14-35)43(4)22-8-10-26(23(18-22)31-40-15-16-42(31)3)49-29-24(36)19-41-32(28(29)37)50-27-17-20(30(38)39)7-9-25(27)44/h7-10,15,17-19,21,31,44H,5-6,11-14,16H2,1-4H3,(H3,38,39). The number of carbonyl (C=O) groups excluding carboxylic acids is 2. The van der Waals surface area contributed by atoms with Crippen molar-refractivity contribution in [2.45, 2.75) is 51.7 Å². The maximum atomic E-state index is 15.8. The van der Waals surface area contributed by atoms with Crippen molar-refractivity contribution >= 4 is 29.7 Å². The van der Waals surface area contributed by atoms with Crippen LogP contribution in [-0.2, 0) is 19.1 Å². The Morgan fingerprint density at radius 1 is 1.06 bits per heavy atom. The summed E-state index contributed by atoms with van der Waals surface area (Å²) in [6.45, 7) is 4.23. The van der Waals surface area contributed by atoms with Crippen LogP contribution in [0.15, 0.2) is 47.6 Å². The minimum absolute atomic E-state index is 0.0517. The number of hydrogen-bond acceptors (Lipinski definition) is 12. The molecule has 0 radical (unpaired) electrons. The van der Waals surface area contributed by atoms with Crippen molar-refractivity contribution in [1.82, 2.24) is 9.88 Å². The van der Waals surface area contributed by atoms with Crippen LogP contribution >= 0.6 is 0 Å². The first-order chi connectivity index (χ1) is 23.9. The van der Waals surface area contributed by atoms with Crippen LogP contribution in [0.2, 0.25) is 0 Å². The molecular weight excluding hydrogens is 654 g/mol. The third kappa shape index (κ3) is 7.18. The average molecular weight is 695 g/mol. The Labute approximate surface area is 288 Å². The molecule has 50 heavy (non-hydrogen) atoms. The summed E-state index contributed by atoms with van der Waals surface area (Å²) in [7, 11) is 3.75. The van der Waals surface area contributed by atoms with Gasteiger partial charge < -0.3 is 34.7 Å². The van der Waals surface area contributed by atoms with E-state index in [2.05, 4.69) is 9.98 Å². The Hall–Kier alpha value is -5.31. The van der Waals surface area contributed by atoms with Gasteiger partial charge in [0.2, 0.25) is 11.6 Å². The van der Waals surface area contributed by atoms with Crippen LogP contribution < -0.4 is 20.1 Å². The number of phenols is 1. The van der Waals surface area contributed by atoms with Gasteiger partial charge in [-0.15, -0.1) is 0 Å². The number of nitrogens with one attached hydrogen (secondary N) is 1. The molecule has 2 heterocycles. The third-order valence-corrected chi connectivity index (χ3v) is 8.99. The first-order valence-electron chi connectivity index (χ1n) is 16.2. The number of aromatic hydroxyl groups is 1. The molecule has 15 heteroatoms. The quantitative estimate of drug-likeness (QED) is 0.0954. The topological polar surface area (TPSA) is 173 Å². The maximum absolute atomic E-state index is 15.8. The van der Waals surface area contributed by atoms with Crippen LogP contribution in [0.1, 0.15) is 56.8 Å². The van der Waals surface area contributed by atoms with Crippen LogP contribution in [0, 0.1) is 22.5 Å². The second-order valence-electron chi connectivity index (χ2n) is 12.1. The van der Waals surface area contributed by atoms with E-state index in [4.69, 9.17) is 30.1 Å². The van der Waals surface area contributed by atoms with Crippen LogP contribution in [0.3, 0.4) is 0 Å². The summed E-state index contributed by atoms with van der Waals surface area (Å²) >= 11 is 0. The number of aliphatic imine (C=N–C) groups is 1. The number of rotatable bonds is 12. The number of amidine groups is 1. The largest absolute Gasteiger partial charge is 0.504 e. The summed E-state index contributed by atoms with van der Waals surface area (Å²) in [5, 5.41) is 17.9. The maximum Gasteiger partial charge on any atom is 0.323 e. The van der Waals surface area contributed by atoms with Crippen molar-refractivity contribution in [3.05, 3.63) is 65.4 Å². The molecule has 2 aliphatic rings. The third-order valence-electron chi connectivity index (χ3n) is 8.99. The van der Waals surface area contributed by atoms with Crippen LogP contribution in [0.4, 0.5) is 14.5 Å². The zero-order chi connectivity index (χ0) is 36.2. The summed E-state index contributed by atoms with van der Waals surface area (Å²) in [6, 6.07) is 8.95. The summed E-state index contributed by atoms with van der Waals surface area (Å²) in [5.41, 5.74) is 5.66. The number of phenolic OH excluding ortho intramolecular Hbond substituents is 1. The molecule has 0 saturated heterocycles. The van der Waals surface area contributed by atoms with Gasteiger partial charge in [0.15, 0.2) is 22.7 Å². The molecule has 1 aliphatic heterocycles. The number of hydrogen-bond donors (Lipinski definition) is 3. The summed E-state index contributed by atoms with van der Waals surface area (Å²) in [5.74, 6) is -5.77. The van der Waals surface area contributed by atoms with Crippen molar-refractivity contribution in [2.75, 3.05) is 38.8 Å². The number of anilines is 1. The number of nitrogens with two attached hydrogens (primary N) is 1. The van der Waals surface area contributed by atoms with E-state index in [-0.39, 0.29) is 60.7 Å². The van der Waals surface area contributed by atoms with E-state index in [1.165, 1.54) is 18.2 Å². The van der Waals surface area contributed by atoms with Gasteiger partial charge in [-0.05, 0) is 83.0 Å². The first kappa shape index (κ1) is 36.0. The molecule has 266 valence electrons. The number of carbonyl (C=O) groups is 2. The molecule has 0 spiro atoms. The molecule has 4 N–H and O–H groups in total. The van der Waals surface area contributed by atoms with Gasteiger partial charge in [0.05, 0.1) is 19.4 Å². The zero-order valence-electron chi connectivity index (χ0n) is 28.2. The van der Waals surface area contributed by atoms with Gasteiger partial charge in [0.1, 0.15) is 17.8 Å². The highest BCUT2D eigenvalue weighted by atomic mass is 19.1. The minimum Gasteiger partial charge on any atom is -0.504 e. The number of nitrogen functional groups attached to an aromatic ring is 1. The summed E-state index contributed by atoms with van der Waals surface area (Å²) < 4.78 is 52.8. The smallest absolute Gasteiger partial charge is 0.323 e. The van der Waals surface area contributed by atoms with E-state index >= 15 is 8.78 Å². The predicted octanol–water partition coefficient (Wildman–Crippen LogP) is 5.44. The highest BCUT2D eigenvalue weighted by molar-refractivity contribution is 6.00. The second-order valence-corrected chi connectivity index (χ2v) is 12.1. The number of ether oxygens (including phenoxy) is 4. The van der Waals surface area contributed by atoms with E-state index in [9.17, 15) is 14.7 Å². The monoisotopic (exact) mass is 694 g/mol. The number of aromatic nitrogens is 1. The highest BCUT2D eigenvalue weighted by Gasteiger charge is 2.51. The van der Waals surface area contributed by atoms with Gasteiger partial charge in [-0.25, -0.2) is 9.37 Å². The van der Waals surface area contributed by atoms with Gasteiger partial charge in [-0.1, -0.05) is 0 Å². The first-order valence-corrected chi connectivity index (χ1v) is 16.2. The second kappa shape index (κ2) is 15.1. The predicted molar refractivity (Wildman–Crippen MR) is 180 cm³/mol. The highest BCUT2D eigenvalue weighted by Crippen LogP contribution is 2.44. The molecular formula is C35H40F2N6O7. The molecule has 13 nitrogen and oxygen atoms in total. The van der Waals surface area contributed by atoms with Gasteiger partial charge in [-0.3, -0.25) is 24.9 Å². The Morgan fingerprint density at radius 2 is 1.74 bits per heavy atom. The molecule has 1 aliphatic carbocycles. The van der Waals surface area contributed by atoms with Gasteiger partial charge in [0.25, 0.3) is 5.88 Å². The fourth-order valence-corrected chi connectivity index (χ4v) is 6.16. The van der Waals surface area contributed by atoms with E-state index in [0.29, 0.717) is 24.9 Å². The van der Waals surface area contributed by atoms with E-state index in [0.717, 1.165) is 11.9 Å². The SMILES string of the molecule is CCOC(=O)C1(C(=O)OCC)CCC(N(C)c2ccc(Oc3c(F)cnc(Oc4cc(C(=N)N)ccc4O)c3F)c(C3N=CCN3C)c2)CC1. The fraction of sp³-hybridized carbons (Fsp3) is 0.400. The van der Waals surface area contributed by atoms with E-state index in [1.54, 1.807) is 32.2 Å². The Kier molecular flexibility index (Phi) is 10.8. The zero-order valence-corrected chi connectivity index (χ0v) is 28.2. The van der Waals surface area contributed by atoms with Gasteiger partial charge >= 0.3 is 11.9 Å². The van der Waals surface area contributed by atoms with Crippen molar-refractivity contribution in [1.29, 1.82) is 5.41 Å². The molecule has 0 bridgehead atoms. The lowest BCUT2D eigenvalue weighted by molar-refractivity contribution is -0.175. The Balaban J connectivity index is 1.43. The van der Waals surface area contributed by atoms with Gasteiger partial charge in [0, 0.05) is 42.7 Å². The van der Waals surface area contributed by atoms with Crippen molar-refractivity contribution < 1.29 is 42.4 Å². The molecule has 1 atom stereocenters. The van der Waals surface area contributed by atoms with E-state index < -0.39 is 46.8 Å². The van der Waals surface area contributed by atoms with Gasteiger partial charge in [-0.2, -0.15) is 4.39 Å². The molecule has 2 aromatic carbocycles. The molecule has 1 fully saturated rings. The average Bonchev–Trinajstić information content (AvgIpc) is 3.53. The summed E-state index contributed by atoms with van der Waals surface area (Å²) in [6.07, 6.45) is 3.46.